The smallest absolute Gasteiger partial charge is 0.219 e. The van der Waals surface area contributed by atoms with Gasteiger partial charge in [-0.25, -0.2) is 4.98 Å². The fourth-order valence-electron chi connectivity index (χ4n) is 2.20. The Morgan fingerprint density at radius 3 is 2.48 bits per heavy atom. The Labute approximate surface area is 141 Å². The van der Waals surface area contributed by atoms with E-state index < -0.39 is 0 Å². The van der Waals surface area contributed by atoms with Crippen LogP contribution in [0.5, 0.6) is 0 Å². The molecule has 1 N–H and O–H groups in total. The van der Waals surface area contributed by atoms with Crippen molar-refractivity contribution in [3.8, 4) is 0 Å². The summed E-state index contributed by atoms with van der Waals surface area (Å²) in [5.41, 5.74) is 0. The third kappa shape index (κ3) is 5.14. The number of amides is 1. The Kier molecular flexibility index (Phi) is 7.40. The summed E-state index contributed by atoms with van der Waals surface area (Å²) in [6.45, 7) is 6.21. The number of hydrogen-bond acceptors (Lipinski definition) is 4. The first-order valence-electron chi connectivity index (χ1n) is 6.74. The van der Waals surface area contributed by atoms with Crippen molar-refractivity contribution in [2.45, 2.75) is 13.5 Å². The van der Waals surface area contributed by atoms with Gasteiger partial charge in [-0.15, -0.1) is 24.0 Å². The molecule has 0 saturated carbocycles. The summed E-state index contributed by atoms with van der Waals surface area (Å²) < 4.78 is 1.77. The summed E-state index contributed by atoms with van der Waals surface area (Å²) in [5, 5.41) is 7.35. The number of nitrogens with zero attached hydrogens (tertiary/aromatic N) is 6. The maximum absolute atomic E-state index is 11.3. The molecule has 2 heterocycles. The molecule has 1 saturated heterocycles. The van der Waals surface area contributed by atoms with Crippen LogP contribution in [0.25, 0.3) is 0 Å². The summed E-state index contributed by atoms with van der Waals surface area (Å²) >= 11 is 0. The van der Waals surface area contributed by atoms with Gasteiger partial charge in [0.05, 0.1) is 6.54 Å². The van der Waals surface area contributed by atoms with Crippen LogP contribution in [0.4, 0.5) is 0 Å². The van der Waals surface area contributed by atoms with Gasteiger partial charge < -0.3 is 15.1 Å². The van der Waals surface area contributed by atoms with Crippen molar-refractivity contribution in [1.29, 1.82) is 0 Å². The van der Waals surface area contributed by atoms with Crippen LogP contribution in [-0.2, 0) is 11.3 Å². The standard InChI is InChI=1S/C12H21N7O.HI/c1-11(20)17-5-7-18(8-6-17)12(13-2)15-3-4-19-10-14-9-16-19;/h9-10H,3-8H2,1-2H3,(H,13,15);1H. The van der Waals surface area contributed by atoms with Gasteiger partial charge >= 0.3 is 0 Å². The molecule has 0 aromatic carbocycles. The zero-order valence-corrected chi connectivity index (χ0v) is 14.7. The third-order valence-electron chi connectivity index (χ3n) is 3.33. The molecule has 1 aromatic rings. The van der Waals surface area contributed by atoms with E-state index in [0.717, 1.165) is 45.2 Å². The predicted octanol–water partition coefficient (Wildman–Crippen LogP) is -0.364. The molecule has 1 aliphatic heterocycles. The molecule has 0 atom stereocenters. The third-order valence-corrected chi connectivity index (χ3v) is 3.33. The summed E-state index contributed by atoms with van der Waals surface area (Å²) in [4.78, 5) is 23.5. The second-order valence-corrected chi connectivity index (χ2v) is 4.63. The van der Waals surface area contributed by atoms with E-state index in [4.69, 9.17) is 0 Å². The van der Waals surface area contributed by atoms with Crippen molar-refractivity contribution < 1.29 is 4.79 Å². The molecule has 0 bridgehead atoms. The molecule has 0 aliphatic carbocycles. The number of halogens is 1. The van der Waals surface area contributed by atoms with Crippen LogP contribution in [0.3, 0.4) is 0 Å². The maximum atomic E-state index is 11.3. The molecule has 9 heteroatoms. The zero-order chi connectivity index (χ0) is 14.4. The first-order chi connectivity index (χ1) is 9.70. The van der Waals surface area contributed by atoms with Crippen LogP contribution in [0.2, 0.25) is 0 Å². The van der Waals surface area contributed by atoms with Gasteiger partial charge in [0.2, 0.25) is 5.91 Å². The molecule has 2 rings (SSSR count). The van der Waals surface area contributed by atoms with Crippen LogP contribution in [0.1, 0.15) is 6.92 Å². The number of aliphatic imine (C=N–C) groups is 1. The van der Waals surface area contributed by atoms with E-state index in [9.17, 15) is 4.79 Å². The first-order valence-corrected chi connectivity index (χ1v) is 6.74. The van der Waals surface area contributed by atoms with Crippen LogP contribution < -0.4 is 5.32 Å². The number of carbonyl (C=O) groups excluding carboxylic acids is 1. The lowest BCUT2D eigenvalue weighted by atomic mass is 10.3. The van der Waals surface area contributed by atoms with Gasteiger partial charge in [-0.05, 0) is 0 Å². The molecule has 0 unspecified atom stereocenters. The SMILES string of the molecule is CN=C(NCCn1cncn1)N1CCN(C(C)=O)CC1.I. The fourth-order valence-corrected chi connectivity index (χ4v) is 2.20. The number of rotatable bonds is 3. The minimum Gasteiger partial charge on any atom is -0.354 e. The van der Waals surface area contributed by atoms with Crippen molar-refractivity contribution >= 4 is 35.8 Å². The fraction of sp³-hybridized carbons (Fsp3) is 0.667. The lowest BCUT2D eigenvalue weighted by Crippen LogP contribution is -2.53. The highest BCUT2D eigenvalue weighted by Crippen LogP contribution is 2.02. The molecule has 118 valence electrons. The number of guanidine groups is 1. The monoisotopic (exact) mass is 407 g/mol. The van der Waals surface area contributed by atoms with E-state index in [1.54, 1.807) is 25.0 Å². The molecule has 1 amide bonds. The second kappa shape index (κ2) is 8.80. The average molecular weight is 407 g/mol. The number of piperazine rings is 1. The minimum atomic E-state index is 0. The first kappa shape index (κ1) is 17.7. The highest BCUT2D eigenvalue weighted by Gasteiger charge is 2.20. The Bertz CT molecular complexity index is 454. The molecular formula is C12H22IN7O. The molecule has 21 heavy (non-hydrogen) atoms. The number of nitrogens with one attached hydrogen (secondary N) is 1. The number of aromatic nitrogens is 3. The van der Waals surface area contributed by atoms with Crippen molar-refractivity contribution in [3.63, 3.8) is 0 Å². The quantitative estimate of drug-likeness (QED) is 0.421. The van der Waals surface area contributed by atoms with Crippen LogP contribution in [0, 0.1) is 0 Å². The molecule has 0 radical (unpaired) electrons. The summed E-state index contributed by atoms with van der Waals surface area (Å²) in [6, 6.07) is 0. The summed E-state index contributed by atoms with van der Waals surface area (Å²) in [6.07, 6.45) is 3.21. The molecule has 8 nitrogen and oxygen atoms in total. The lowest BCUT2D eigenvalue weighted by Gasteiger charge is -2.36. The van der Waals surface area contributed by atoms with Crippen LogP contribution >= 0.6 is 24.0 Å². The van der Waals surface area contributed by atoms with E-state index >= 15 is 0 Å². The van der Waals surface area contributed by atoms with E-state index in [1.807, 2.05) is 4.90 Å². The topological polar surface area (TPSA) is 78.7 Å². The Hall–Kier alpha value is -1.39. The lowest BCUT2D eigenvalue weighted by molar-refractivity contribution is -0.130. The average Bonchev–Trinajstić information content (AvgIpc) is 2.97. The van der Waals surface area contributed by atoms with Gasteiger partial charge in [-0.1, -0.05) is 0 Å². The van der Waals surface area contributed by atoms with Gasteiger partial charge in [-0.2, -0.15) is 5.10 Å². The van der Waals surface area contributed by atoms with Crippen molar-refractivity contribution in [1.82, 2.24) is 29.9 Å². The maximum Gasteiger partial charge on any atom is 0.219 e. The van der Waals surface area contributed by atoms with Crippen molar-refractivity contribution in [2.75, 3.05) is 39.8 Å². The van der Waals surface area contributed by atoms with Gasteiger partial charge in [0.1, 0.15) is 12.7 Å². The molecule has 1 fully saturated rings. The van der Waals surface area contributed by atoms with E-state index in [1.165, 1.54) is 6.33 Å². The van der Waals surface area contributed by atoms with Crippen molar-refractivity contribution in [3.05, 3.63) is 12.7 Å². The molecule has 0 spiro atoms. The highest BCUT2D eigenvalue weighted by atomic mass is 127. The normalized spacial score (nSPS) is 15.6. The molecule has 1 aromatic heterocycles. The predicted molar refractivity (Wildman–Crippen MR) is 90.6 cm³/mol. The Morgan fingerprint density at radius 1 is 1.29 bits per heavy atom. The van der Waals surface area contributed by atoms with Crippen LogP contribution in [-0.4, -0.2) is 76.2 Å². The van der Waals surface area contributed by atoms with Crippen LogP contribution in [0.15, 0.2) is 17.6 Å². The van der Waals surface area contributed by atoms with E-state index in [2.05, 4.69) is 25.3 Å². The second-order valence-electron chi connectivity index (χ2n) is 4.63. The van der Waals surface area contributed by atoms with E-state index in [0.29, 0.717) is 0 Å². The van der Waals surface area contributed by atoms with Gasteiger partial charge in [0.25, 0.3) is 0 Å². The van der Waals surface area contributed by atoms with Gasteiger partial charge in [0.15, 0.2) is 5.96 Å². The van der Waals surface area contributed by atoms with Crippen molar-refractivity contribution in [2.24, 2.45) is 4.99 Å². The van der Waals surface area contributed by atoms with Gasteiger partial charge in [-0.3, -0.25) is 14.5 Å². The summed E-state index contributed by atoms with van der Waals surface area (Å²) in [7, 11) is 1.77. The minimum absolute atomic E-state index is 0. The number of carbonyl (C=O) groups is 1. The largest absolute Gasteiger partial charge is 0.354 e. The van der Waals surface area contributed by atoms with E-state index in [-0.39, 0.29) is 29.9 Å². The molecular weight excluding hydrogens is 385 g/mol. The number of hydrogen-bond donors (Lipinski definition) is 1. The van der Waals surface area contributed by atoms with Gasteiger partial charge in [0, 0.05) is 46.7 Å². The summed E-state index contributed by atoms with van der Waals surface area (Å²) in [5.74, 6) is 1.01. The molecule has 1 aliphatic rings. The zero-order valence-electron chi connectivity index (χ0n) is 12.4. The Balaban J connectivity index is 0.00000220. The Morgan fingerprint density at radius 2 is 1.95 bits per heavy atom. The highest BCUT2D eigenvalue weighted by molar-refractivity contribution is 14.0.